The van der Waals surface area contributed by atoms with Crippen LogP contribution in [0.4, 0.5) is 0 Å². The van der Waals surface area contributed by atoms with Gasteiger partial charge in [0.2, 0.25) is 0 Å². The fourth-order valence-electron chi connectivity index (χ4n) is 1.72. The highest BCUT2D eigenvalue weighted by Gasteiger charge is 2.25. The Bertz CT molecular complexity index is 360. The van der Waals surface area contributed by atoms with E-state index >= 15 is 0 Å². The van der Waals surface area contributed by atoms with Crippen LogP contribution in [-0.4, -0.2) is 12.3 Å². The summed E-state index contributed by atoms with van der Waals surface area (Å²) in [6.45, 7) is 2.50. The number of rotatable bonds is 2. The maximum absolute atomic E-state index is 6.02. The van der Waals surface area contributed by atoms with Gasteiger partial charge in [-0.2, -0.15) is 0 Å². The Morgan fingerprint density at radius 1 is 1.50 bits per heavy atom. The molecule has 1 aromatic carbocycles. The van der Waals surface area contributed by atoms with Crippen LogP contribution in [0.15, 0.2) is 29.4 Å². The Labute approximate surface area is 83.6 Å². The van der Waals surface area contributed by atoms with Gasteiger partial charge in [-0.1, -0.05) is 29.4 Å². The van der Waals surface area contributed by atoms with Gasteiger partial charge < -0.3 is 10.6 Å². The van der Waals surface area contributed by atoms with Crippen molar-refractivity contribution in [3.8, 4) is 0 Å². The van der Waals surface area contributed by atoms with E-state index in [1.807, 2.05) is 19.1 Å². The summed E-state index contributed by atoms with van der Waals surface area (Å²) in [6, 6.07) is 8.08. The minimum Gasteiger partial charge on any atom is -0.396 e. The number of nitrogens with zero attached hydrogens (tertiary/aromatic N) is 1. The van der Waals surface area contributed by atoms with E-state index in [1.54, 1.807) is 0 Å². The molecular formula is C11H14N2O. The van der Waals surface area contributed by atoms with E-state index in [2.05, 4.69) is 17.3 Å². The molecule has 1 unspecified atom stereocenters. The van der Waals surface area contributed by atoms with Gasteiger partial charge in [-0.3, -0.25) is 0 Å². The first kappa shape index (κ1) is 9.21. The molecule has 3 heteroatoms. The highest BCUT2D eigenvalue weighted by Crippen LogP contribution is 2.26. The Balaban J connectivity index is 2.25. The Kier molecular flexibility index (Phi) is 2.50. The zero-order valence-electron chi connectivity index (χ0n) is 8.23. The molecule has 0 heterocycles. The minimum atomic E-state index is -0.0854. The molecule has 0 saturated carbocycles. The monoisotopic (exact) mass is 190 g/mol. The van der Waals surface area contributed by atoms with Gasteiger partial charge in [0.15, 0.2) is 0 Å². The molecular weight excluding hydrogens is 176 g/mol. The van der Waals surface area contributed by atoms with Crippen molar-refractivity contribution in [2.45, 2.75) is 19.4 Å². The molecule has 0 fully saturated rings. The molecule has 2 rings (SSSR count). The average Bonchev–Trinajstić information content (AvgIpc) is 2.54. The number of benzene rings is 1. The molecule has 2 N–H and O–H groups in total. The lowest BCUT2D eigenvalue weighted by Crippen LogP contribution is -2.16. The lowest BCUT2D eigenvalue weighted by Gasteiger charge is -2.04. The van der Waals surface area contributed by atoms with Gasteiger partial charge in [0.25, 0.3) is 0 Å². The van der Waals surface area contributed by atoms with Crippen LogP contribution in [0.3, 0.4) is 0 Å². The van der Waals surface area contributed by atoms with Crippen LogP contribution in [0.2, 0.25) is 0 Å². The van der Waals surface area contributed by atoms with E-state index in [1.165, 1.54) is 11.1 Å². The number of fused-ring (bicyclic) bond motifs is 1. The topological polar surface area (TPSA) is 47.6 Å². The molecule has 0 bridgehead atoms. The second-order valence-electron chi connectivity index (χ2n) is 3.35. The smallest absolute Gasteiger partial charge is 0.114 e. The molecule has 1 aliphatic carbocycles. The second kappa shape index (κ2) is 3.80. The molecule has 0 radical (unpaired) electrons. The molecule has 0 aromatic heterocycles. The van der Waals surface area contributed by atoms with Gasteiger partial charge in [-0.05, 0) is 18.1 Å². The second-order valence-corrected chi connectivity index (χ2v) is 3.35. The van der Waals surface area contributed by atoms with Crippen molar-refractivity contribution in [3.05, 3.63) is 35.4 Å². The summed E-state index contributed by atoms with van der Waals surface area (Å²) in [5.74, 6) is 0. The van der Waals surface area contributed by atoms with Crippen LogP contribution in [-0.2, 0) is 11.3 Å². The standard InChI is InChI=1S/C11H14N2O/c1-2-14-13-10-7-8-5-3-4-6-9(8)11(10)12/h3-6,11H,2,7,12H2,1H3. The number of hydrogen-bond acceptors (Lipinski definition) is 3. The third kappa shape index (κ3) is 1.51. The summed E-state index contributed by atoms with van der Waals surface area (Å²) < 4.78 is 0. The summed E-state index contributed by atoms with van der Waals surface area (Å²) in [5, 5.41) is 4.03. The summed E-state index contributed by atoms with van der Waals surface area (Å²) >= 11 is 0. The third-order valence-electron chi connectivity index (χ3n) is 2.43. The normalized spacial score (nSPS) is 22.4. The van der Waals surface area contributed by atoms with E-state index in [0.29, 0.717) is 6.61 Å². The number of hydrogen-bond donors (Lipinski definition) is 1. The summed E-state index contributed by atoms with van der Waals surface area (Å²) in [4.78, 5) is 5.03. The molecule has 0 aliphatic heterocycles. The first-order valence-electron chi connectivity index (χ1n) is 4.85. The van der Waals surface area contributed by atoms with E-state index in [0.717, 1.165) is 12.1 Å². The van der Waals surface area contributed by atoms with Crippen molar-refractivity contribution in [2.75, 3.05) is 6.61 Å². The van der Waals surface area contributed by atoms with Crippen molar-refractivity contribution in [1.82, 2.24) is 0 Å². The van der Waals surface area contributed by atoms with Crippen molar-refractivity contribution in [1.29, 1.82) is 0 Å². The van der Waals surface area contributed by atoms with Crippen LogP contribution >= 0.6 is 0 Å². The number of oxime groups is 1. The third-order valence-corrected chi connectivity index (χ3v) is 2.43. The Morgan fingerprint density at radius 2 is 2.29 bits per heavy atom. The predicted molar refractivity (Wildman–Crippen MR) is 56.1 cm³/mol. The maximum Gasteiger partial charge on any atom is 0.114 e. The molecule has 0 amide bonds. The largest absolute Gasteiger partial charge is 0.396 e. The summed E-state index contributed by atoms with van der Waals surface area (Å²) in [7, 11) is 0. The van der Waals surface area contributed by atoms with Crippen LogP contribution in [0.5, 0.6) is 0 Å². The molecule has 1 aliphatic rings. The summed E-state index contributed by atoms with van der Waals surface area (Å²) in [6.07, 6.45) is 0.817. The maximum atomic E-state index is 6.02. The van der Waals surface area contributed by atoms with Gasteiger partial charge in [-0.15, -0.1) is 0 Å². The van der Waals surface area contributed by atoms with Gasteiger partial charge >= 0.3 is 0 Å². The molecule has 1 atom stereocenters. The highest BCUT2D eigenvalue weighted by molar-refractivity contribution is 5.96. The fourth-order valence-corrected chi connectivity index (χ4v) is 1.72. The van der Waals surface area contributed by atoms with E-state index in [-0.39, 0.29) is 6.04 Å². The van der Waals surface area contributed by atoms with Crippen LogP contribution in [0.1, 0.15) is 24.1 Å². The van der Waals surface area contributed by atoms with Crippen LogP contribution in [0.25, 0.3) is 0 Å². The first-order chi connectivity index (χ1) is 6.83. The summed E-state index contributed by atoms with van der Waals surface area (Å²) in [5.41, 5.74) is 9.38. The zero-order chi connectivity index (χ0) is 9.97. The van der Waals surface area contributed by atoms with Crippen LogP contribution < -0.4 is 5.73 Å². The molecule has 74 valence electrons. The van der Waals surface area contributed by atoms with Gasteiger partial charge in [0, 0.05) is 6.42 Å². The molecule has 1 aromatic rings. The zero-order valence-corrected chi connectivity index (χ0v) is 8.23. The minimum absolute atomic E-state index is 0.0854. The molecule has 0 saturated heterocycles. The Morgan fingerprint density at radius 3 is 3.00 bits per heavy atom. The van der Waals surface area contributed by atoms with Gasteiger partial charge in [0.1, 0.15) is 6.61 Å². The predicted octanol–water partition coefficient (Wildman–Crippen LogP) is 1.64. The van der Waals surface area contributed by atoms with Gasteiger partial charge in [-0.25, -0.2) is 0 Å². The molecule has 0 spiro atoms. The van der Waals surface area contributed by atoms with E-state index in [4.69, 9.17) is 10.6 Å². The quantitative estimate of drug-likeness (QED) is 0.720. The van der Waals surface area contributed by atoms with Crippen molar-refractivity contribution >= 4 is 5.71 Å². The molecule has 3 nitrogen and oxygen atoms in total. The van der Waals surface area contributed by atoms with Gasteiger partial charge in [0.05, 0.1) is 11.8 Å². The highest BCUT2D eigenvalue weighted by atomic mass is 16.6. The van der Waals surface area contributed by atoms with Crippen LogP contribution in [0, 0.1) is 0 Å². The van der Waals surface area contributed by atoms with Crippen molar-refractivity contribution in [3.63, 3.8) is 0 Å². The number of nitrogens with two attached hydrogens (primary N) is 1. The van der Waals surface area contributed by atoms with E-state index < -0.39 is 0 Å². The van der Waals surface area contributed by atoms with E-state index in [9.17, 15) is 0 Å². The Hall–Kier alpha value is -1.35. The van der Waals surface area contributed by atoms with Crippen molar-refractivity contribution in [2.24, 2.45) is 10.9 Å². The first-order valence-corrected chi connectivity index (χ1v) is 4.85. The van der Waals surface area contributed by atoms with Crippen molar-refractivity contribution < 1.29 is 4.84 Å². The lowest BCUT2D eigenvalue weighted by molar-refractivity contribution is 0.157. The fraction of sp³-hybridized carbons (Fsp3) is 0.364. The SMILES string of the molecule is CCON=C1Cc2ccccc2C1N. The lowest BCUT2D eigenvalue weighted by atomic mass is 10.1. The molecule has 14 heavy (non-hydrogen) atoms. The average molecular weight is 190 g/mol.